The second-order valence-electron chi connectivity index (χ2n) is 6.38. The number of hydrogen-bond acceptors (Lipinski definition) is 3. The molecule has 2 aromatic carbocycles. The molecule has 3 aromatic rings. The van der Waals surface area contributed by atoms with E-state index in [2.05, 4.69) is 11.1 Å². The van der Waals surface area contributed by atoms with Crippen molar-refractivity contribution in [1.29, 1.82) is 5.26 Å². The molecule has 0 unspecified atom stereocenters. The fraction of sp³-hybridized carbons (Fsp3) is 0.190. The van der Waals surface area contributed by atoms with Crippen molar-refractivity contribution in [3.05, 3.63) is 70.5 Å². The zero-order valence-electron chi connectivity index (χ0n) is 14.7. The van der Waals surface area contributed by atoms with Crippen LogP contribution in [0.25, 0.3) is 16.8 Å². The number of carbonyl (C=O) groups excluding carboxylic acids is 1. The highest BCUT2D eigenvalue weighted by molar-refractivity contribution is 7.07. The molecule has 1 aliphatic rings. The van der Waals surface area contributed by atoms with Gasteiger partial charge in [-0.15, -0.1) is 11.3 Å². The zero-order chi connectivity index (χ0) is 18.6. The molecule has 2 amide bonds. The number of nitrogens with zero attached hydrogens (tertiary/aromatic N) is 4. The van der Waals surface area contributed by atoms with E-state index in [0.717, 1.165) is 42.7 Å². The van der Waals surface area contributed by atoms with E-state index >= 15 is 0 Å². The van der Waals surface area contributed by atoms with Gasteiger partial charge in [-0.05, 0) is 48.2 Å². The van der Waals surface area contributed by atoms with Crippen LogP contribution >= 0.6 is 11.3 Å². The summed E-state index contributed by atoms with van der Waals surface area (Å²) in [7, 11) is 0. The maximum Gasteiger partial charge on any atom is 0.346 e. The Morgan fingerprint density at radius 1 is 1.07 bits per heavy atom. The zero-order valence-corrected chi connectivity index (χ0v) is 15.5. The lowest BCUT2D eigenvalue weighted by atomic mass is 10.0. The molecule has 5 nitrogen and oxygen atoms in total. The van der Waals surface area contributed by atoms with Crippen LogP contribution in [-0.4, -0.2) is 28.6 Å². The molecule has 1 aliphatic heterocycles. The first kappa shape index (κ1) is 17.3. The van der Waals surface area contributed by atoms with E-state index in [-0.39, 0.29) is 6.03 Å². The predicted octanol–water partition coefficient (Wildman–Crippen LogP) is 4.19. The molecule has 0 radical (unpaired) electrons. The first-order valence-electron chi connectivity index (χ1n) is 8.85. The van der Waals surface area contributed by atoms with Crippen LogP contribution in [-0.2, 0) is 0 Å². The highest BCUT2D eigenvalue weighted by atomic mass is 32.1. The number of urea groups is 1. The Hall–Kier alpha value is -3.17. The number of nitriles is 1. The first-order valence-corrected chi connectivity index (χ1v) is 9.73. The van der Waals surface area contributed by atoms with Gasteiger partial charge in [-0.1, -0.05) is 24.3 Å². The molecular formula is C21H18N4OS. The molecule has 2 heterocycles. The van der Waals surface area contributed by atoms with Gasteiger partial charge in [0.15, 0.2) is 4.80 Å². The molecule has 134 valence electrons. The van der Waals surface area contributed by atoms with Crippen LogP contribution in [0.3, 0.4) is 0 Å². The van der Waals surface area contributed by atoms with Gasteiger partial charge >= 0.3 is 6.03 Å². The van der Waals surface area contributed by atoms with Gasteiger partial charge in [0.05, 0.1) is 11.6 Å². The molecule has 0 aliphatic carbocycles. The Morgan fingerprint density at radius 3 is 2.59 bits per heavy atom. The van der Waals surface area contributed by atoms with Crippen molar-refractivity contribution in [1.82, 2.24) is 9.47 Å². The van der Waals surface area contributed by atoms with Crippen molar-refractivity contribution in [2.24, 2.45) is 4.99 Å². The van der Waals surface area contributed by atoms with Crippen LogP contribution in [0.5, 0.6) is 0 Å². The molecule has 0 bridgehead atoms. The average molecular weight is 374 g/mol. The molecule has 0 spiro atoms. The Labute approximate surface area is 161 Å². The van der Waals surface area contributed by atoms with Gasteiger partial charge in [0.2, 0.25) is 0 Å². The molecule has 6 heteroatoms. The largest absolute Gasteiger partial charge is 0.346 e. The average Bonchev–Trinajstić information content (AvgIpc) is 3.40. The fourth-order valence-electron chi connectivity index (χ4n) is 3.19. The first-order chi connectivity index (χ1) is 13.2. The number of carbonyl (C=O) groups is 1. The lowest BCUT2D eigenvalue weighted by Gasteiger charge is -2.11. The Morgan fingerprint density at radius 2 is 1.85 bits per heavy atom. The van der Waals surface area contributed by atoms with Crippen LogP contribution in [0, 0.1) is 11.3 Å². The molecule has 4 rings (SSSR count). The van der Waals surface area contributed by atoms with Crippen LogP contribution < -0.4 is 4.80 Å². The molecule has 1 saturated heterocycles. The van der Waals surface area contributed by atoms with Crippen molar-refractivity contribution in [2.75, 3.05) is 13.1 Å². The lowest BCUT2D eigenvalue weighted by molar-refractivity contribution is 0.218. The van der Waals surface area contributed by atoms with E-state index in [1.807, 2.05) is 58.6 Å². The van der Waals surface area contributed by atoms with E-state index in [4.69, 9.17) is 5.26 Å². The van der Waals surface area contributed by atoms with E-state index < -0.39 is 0 Å². The number of hydrogen-bond donors (Lipinski definition) is 0. The maximum absolute atomic E-state index is 12.3. The van der Waals surface area contributed by atoms with E-state index in [1.54, 1.807) is 11.0 Å². The number of aromatic nitrogens is 1. The minimum absolute atomic E-state index is 0.159. The van der Waals surface area contributed by atoms with E-state index in [9.17, 15) is 4.79 Å². The Balaban J connectivity index is 1.63. The van der Waals surface area contributed by atoms with Crippen LogP contribution in [0.4, 0.5) is 4.79 Å². The predicted molar refractivity (Wildman–Crippen MR) is 106 cm³/mol. The van der Waals surface area contributed by atoms with Crippen LogP contribution in [0.1, 0.15) is 18.4 Å². The topological polar surface area (TPSA) is 61.4 Å². The van der Waals surface area contributed by atoms with Crippen LogP contribution in [0.15, 0.2) is 65.1 Å². The second-order valence-corrected chi connectivity index (χ2v) is 7.26. The monoisotopic (exact) mass is 374 g/mol. The molecule has 0 atom stereocenters. The molecule has 1 fully saturated rings. The molecule has 0 saturated carbocycles. The molecule has 27 heavy (non-hydrogen) atoms. The molecule has 0 N–H and O–H groups in total. The summed E-state index contributed by atoms with van der Waals surface area (Å²) in [6.45, 7) is 1.59. The summed E-state index contributed by atoms with van der Waals surface area (Å²) in [5.41, 5.74) is 3.64. The summed E-state index contributed by atoms with van der Waals surface area (Å²) in [4.78, 5) is 19.1. The van der Waals surface area contributed by atoms with Crippen molar-refractivity contribution in [3.8, 4) is 22.9 Å². The van der Waals surface area contributed by atoms with Gasteiger partial charge in [-0.2, -0.15) is 10.3 Å². The summed E-state index contributed by atoms with van der Waals surface area (Å²) in [6.07, 6.45) is 4.03. The number of thiazole rings is 1. The van der Waals surface area contributed by atoms with Gasteiger partial charge < -0.3 is 4.90 Å². The minimum Gasteiger partial charge on any atom is -0.323 e. The third kappa shape index (κ3) is 3.69. The summed E-state index contributed by atoms with van der Waals surface area (Å²) >= 11 is 1.45. The van der Waals surface area contributed by atoms with Gasteiger partial charge in [-0.3, -0.25) is 4.57 Å². The Bertz CT molecular complexity index is 1070. The number of rotatable bonds is 2. The van der Waals surface area contributed by atoms with Crippen molar-refractivity contribution in [2.45, 2.75) is 12.8 Å². The summed E-state index contributed by atoms with van der Waals surface area (Å²) in [6, 6.07) is 17.6. The third-order valence-electron chi connectivity index (χ3n) is 4.63. The second kappa shape index (κ2) is 7.60. The van der Waals surface area contributed by atoms with Crippen molar-refractivity contribution in [3.63, 3.8) is 0 Å². The van der Waals surface area contributed by atoms with E-state index in [0.29, 0.717) is 10.4 Å². The van der Waals surface area contributed by atoms with Crippen LogP contribution in [0.2, 0.25) is 0 Å². The lowest BCUT2D eigenvalue weighted by Crippen LogP contribution is -2.27. The van der Waals surface area contributed by atoms with Crippen molar-refractivity contribution >= 4 is 17.4 Å². The normalized spacial score (nSPS) is 14.3. The minimum atomic E-state index is -0.159. The molecule has 1 aromatic heterocycles. The van der Waals surface area contributed by atoms with Gasteiger partial charge in [0.1, 0.15) is 0 Å². The SMILES string of the molecule is N#Cc1cccc(-c2ccc(-n3ccsc3=NC(=O)N3CCCC3)cc2)c1. The standard InChI is InChI=1S/C21H18N4OS/c22-15-16-4-3-5-18(14-16)17-6-8-19(9-7-17)25-12-13-27-21(25)23-20(26)24-10-1-2-11-24/h3-9,12-14H,1-2,10-11H2. The molecular weight excluding hydrogens is 356 g/mol. The van der Waals surface area contributed by atoms with E-state index in [1.165, 1.54) is 11.3 Å². The van der Waals surface area contributed by atoms with Gasteiger partial charge in [-0.25, -0.2) is 4.79 Å². The summed E-state index contributed by atoms with van der Waals surface area (Å²) in [5, 5.41) is 11.0. The fourth-order valence-corrected chi connectivity index (χ4v) is 3.91. The highest BCUT2D eigenvalue weighted by Crippen LogP contribution is 2.22. The quantitative estimate of drug-likeness (QED) is 0.675. The van der Waals surface area contributed by atoms with Crippen molar-refractivity contribution < 1.29 is 4.79 Å². The number of likely N-dealkylation sites (tertiary alicyclic amines) is 1. The number of amides is 2. The summed E-state index contributed by atoms with van der Waals surface area (Å²) in [5.74, 6) is 0. The third-order valence-corrected chi connectivity index (χ3v) is 5.38. The Kier molecular flexibility index (Phi) is 4.86. The smallest absolute Gasteiger partial charge is 0.323 e. The van der Waals surface area contributed by atoms with Gasteiger partial charge in [0.25, 0.3) is 0 Å². The highest BCUT2D eigenvalue weighted by Gasteiger charge is 2.17. The summed E-state index contributed by atoms with van der Waals surface area (Å²) < 4.78 is 1.92. The maximum atomic E-state index is 12.3. The number of benzene rings is 2. The van der Waals surface area contributed by atoms with Gasteiger partial charge in [0, 0.05) is 30.4 Å².